The molecule has 1 fully saturated rings. The second-order valence-corrected chi connectivity index (χ2v) is 9.31. The summed E-state index contributed by atoms with van der Waals surface area (Å²) in [6.45, 7) is 0. The van der Waals surface area contributed by atoms with Crippen LogP contribution in [0.2, 0.25) is 0 Å². The third-order valence-electron chi connectivity index (χ3n) is 6.76. The maximum absolute atomic E-state index is 13.2. The van der Waals surface area contributed by atoms with E-state index < -0.39 is 18.0 Å². The number of aromatic amines is 1. The van der Waals surface area contributed by atoms with Gasteiger partial charge in [-0.05, 0) is 30.0 Å². The number of aliphatic hydroxyl groups is 1. The molecule has 3 aromatic heterocycles. The molecule has 4 aromatic rings. The lowest BCUT2D eigenvalue weighted by Crippen LogP contribution is -2.36. The Morgan fingerprint density at radius 2 is 1.82 bits per heavy atom. The summed E-state index contributed by atoms with van der Waals surface area (Å²) < 4.78 is 41.1. The lowest BCUT2D eigenvalue weighted by molar-refractivity contribution is -0.146. The number of nitrogens with zero attached hydrogens (tertiary/aromatic N) is 2. The molecule has 11 heteroatoms. The van der Waals surface area contributed by atoms with Crippen LogP contribution in [0.15, 0.2) is 70.6 Å². The van der Waals surface area contributed by atoms with Crippen LogP contribution in [0.3, 0.4) is 0 Å². The number of pyridine rings is 2. The first-order valence-electron chi connectivity index (χ1n) is 11.8. The van der Waals surface area contributed by atoms with Crippen molar-refractivity contribution in [2.45, 2.75) is 31.3 Å². The average molecular weight is 524 g/mol. The number of hydrogen-bond donors (Lipinski definition) is 4. The molecule has 38 heavy (non-hydrogen) atoms. The number of benzene rings is 1. The molecule has 1 saturated carbocycles. The fraction of sp³-hybridized carbons (Fsp3) is 0.222. The van der Waals surface area contributed by atoms with Gasteiger partial charge in [0.05, 0.1) is 6.10 Å². The predicted octanol–water partition coefficient (Wildman–Crippen LogP) is 4.16. The molecule has 1 aliphatic carbocycles. The summed E-state index contributed by atoms with van der Waals surface area (Å²) in [7, 11) is 1.55. The van der Waals surface area contributed by atoms with Crippen LogP contribution < -0.4 is 16.4 Å². The van der Waals surface area contributed by atoms with Crippen LogP contribution in [0.25, 0.3) is 38.7 Å². The number of allylic oxidation sites excluding steroid dienone is 1. The summed E-state index contributed by atoms with van der Waals surface area (Å²) in [5, 5.41) is 19.1. The molecule has 4 N–H and O–H groups in total. The minimum atomic E-state index is -4.69. The number of aromatic nitrogens is 3. The van der Waals surface area contributed by atoms with Crippen molar-refractivity contribution >= 4 is 22.7 Å². The Kier molecular flexibility index (Phi) is 6.31. The van der Waals surface area contributed by atoms with Gasteiger partial charge >= 0.3 is 6.30 Å². The highest BCUT2D eigenvalue weighted by Crippen LogP contribution is 2.38. The smallest absolute Gasteiger partial charge is 0.393 e. The maximum atomic E-state index is 13.2. The van der Waals surface area contributed by atoms with Crippen molar-refractivity contribution in [2.24, 2.45) is 7.05 Å². The molecule has 0 bridgehead atoms. The molecular formula is C27H24F3N5O3. The van der Waals surface area contributed by atoms with Gasteiger partial charge in [-0.2, -0.15) is 13.2 Å². The van der Waals surface area contributed by atoms with Crippen LogP contribution in [0.5, 0.6) is 0 Å². The Morgan fingerprint density at radius 3 is 2.45 bits per heavy atom. The molecule has 0 amide bonds. The van der Waals surface area contributed by atoms with Crippen molar-refractivity contribution in [3.05, 3.63) is 87.5 Å². The number of nitrogens with one attached hydrogen (secondary N) is 3. The molecule has 196 valence electrons. The predicted molar refractivity (Wildman–Crippen MR) is 139 cm³/mol. The zero-order valence-electron chi connectivity index (χ0n) is 20.2. The van der Waals surface area contributed by atoms with Crippen LogP contribution in [0.4, 0.5) is 13.2 Å². The van der Waals surface area contributed by atoms with Crippen molar-refractivity contribution in [1.82, 2.24) is 19.4 Å². The SMILES string of the molecule is Cn1cc(-c2cc(=O)n(C3CC(O)C3)cc2-c2ccccc2)c2cc(/C(C=N)=C/NC(F)(F)F)[nH]c2c1=O. The van der Waals surface area contributed by atoms with E-state index in [4.69, 9.17) is 5.41 Å². The van der Waals surface area contributed by atoms with Crippen LogP contribution in [0, 0.1) is 5.41 Å². The van der Waals surface area contributed by atoms with Crippen molar-refractivity contribution in [1.29, 1.82) is 5.41 Å². The van der Waals surface area contributed by atoms with Gasteiger partial charge in [-0.1, -0.05) is 30.3 Å². The second kappa shape index (κ2) is 9.49. The average Bonchev–Trinajstić information content (AvgIpc) is 3.30. The lowest BCUT2D eigenvalue weighted by Gasteiger charge is -2.33. The normalized spacial score (nSPS) is 17.9. The fourth-order valence-corrected chi connectivity index (χ4v) is 4.75. The number of alkyl halides is 3. The zero-order valence-corrected chi connectivity index (χ0v) is 20.2. The zero-order chi connectivity index (χ0) is 27.2. The number of hydrogen-bond acceptors (Lipinski definition) is 5. The van der Waals surface area contributed by atoms with Gasteiger partial charge in [0.1, 0.15) is 5.52 Å². The van der Waals surface area contributed by atoms with Gasteiger partial charge in [0, 0.05) is 71.7 Å². The quantitative estimate of drug-likeness (QED) is 0.224. The fourth-order valence-electron chi connectivity index (χ4n) is 4.75. The first-order valence-corrected chi connectivity index (χ1v) is 11.8. The van der Waals surface area contributed by atoms with Gasteiger partial charge in [0.25, 0.3) is 11.1 Å². The molecule has 3 heterocycles. The van der Waals surface area contributed by atoms with Crippen LogP contribution >= 0.6 is 0 Å². The monoisotopic (exact) mass is 523 g/mol. The minimum Gasteiger partial charge on any atom is -0.393 e. The summed E-state index contributed by atoms with van der Waals surface area (Å²) in [6, 6.07) is 12.2. The number of aryl methyl sites for hydroxylation is 1. The minimum absolute atomic E-state index is 0.117. The standard InChI is InChI=1S/C27H24F3N5O3/c1-34-13-22(20-9-23(33-25(20)26(34)38)16(11-31)12-32-27(28,29)30)19-10-24(37)35(17-7-18(36)8-17)14-21(19)15-5-3-2-4-6-15/h2-6,9-14,17-18,31-33,36H,7-8H2,1H3/b16-12+,31-11?. The van der Waals surface area contributed by atoms with Gasteiger partial charge in [0.2, 0.25) is 0 Å². The van der Waals surface area contributed by atoms with Crippen LogP contribution in [-0.2, 0) is 7.05 Å². The maximum Gasteiger partial charge on any atom is 0.481 e. The van der Waals surface area contributed by atoms with E-state index in [1.807, 2.05) is 30.3 Å². The lowest BCUT2D eigenvalue weighted by atomic mass is 9.88. The number of aliphatic hydroxyl groups excluding tert-OH is 1. The topological polar surface area (TPSA) is 116 Å². The number of H-pyrrole nitrogens is 1. The van der Waals surface area contributed by atoms with Gasteiger partial charge in [-0.3, -0.25) is 9.59 Å². The Hall–Kier alpha value is -4.38. The second-order valence-electron chi connectivity index (χ2n) is 9.31. The Morgan fingerprint density at radius 1 is 1.11 bits per heavy atom. The number of rotatable bonds is 6. The molecule has 1 aliphatic rings. The molecule has 5 rings (SSSR count). The molecular weight excluding hydrogens is 499 g/mol. The highest BCUT2D eigenvalue weighted by molar-refractivity contribution is 6.10. The van der Waals surface area contributed by atoms with Gasteiger partial charge in [-0.25, -0.2) is 0 Å². The number of halogens is 3. The van der Waals surface area contributed by atoms with E-state index in [-0.39, 0.29) is 28.4 Å². The highest BCUT2D eigenvalue weighted by atomic mass is 19.4. The summed E-state index contributed by atoms with van der Waals surface area (Å²) in [5.41, 5.74) is 2.06. The first-order chi connectivity index (χ1) is 18.1. The van der Waals surface area contributed by atoms with Crippen LogP contribution in [0.1, 0.15) is 24.6 Å². The van der Waals surface area contributed by atoms with E-state index in [0.717, 1.165) is 17.3 Å². The molecule has 8 nitrogen and oxygen atoms in total. The molecule has 0 atom stereocenters. The van der Waals surface area contributed by atoms with Crippen LogP contribution in [-0.4, -0.2) is 37.8 Å². The van der Waals surface area contributed by atoms with E-state index in [1.54, 1.807) is 24.0 Å². The Balaban J connectivity index is 1.75. The summed E-state index contributed by atoms with van der Waals surface area (Å²) >= 11 is 0. The summed E-state index contributed by atoms with van der Waals surface area (Å²) in [4.78, 5) is 29.0. The van der Waals surface area contributed by atoms with E-state index in [2.05, 4.69) is 4.98 Å². The van der Waals surface area contributed by atoms with Crippen molar-refractivity contribution in [3.63, 3.8) is 0 Å². The molecule has 0 saturated heterocycles. The first kappa shape index (κ1) is 25.3. The third-order valence-corrected chi connectivity index (χ3v) is 6.76. The van der Waals surface area contributed by atoms with Crippen molar-refractivity contribution < 1.29 is 18.3 Å². The van der Waals surface area contributed by atoms with E-state index in [9.17, 15) is 27.9 Å². The molecule has 1 aromatic carbocycles. The van der Waals surface area contributed by atoms with Crippen molar-refractivity contribution in [2.75, 3.05) is 0 Å². The number of fused-ring (bicyclic) bond motifs is 1. The molecule has 0 radical (unpaired) electrons. The molecule has 0 spiro atoms. The highest BCUT2D eigenvalue weighted by Gasteiger charge is 2.30. The Bertz CT molecular complexity index is 1680. The van der Waals surface area contributed by atoms with Gasteiger partial charge in [0.15, 0.2) is 0 Å². The summed E-state index contributed by atoms with van der Waals surface area (Å²) in [6.07, 6.45) is 0.547. The van der Waals surface area contributed by atoms with E-state index in [0.29, 0.717) is 35.6 Å². The Labute approximate surface area is 214 Å². The third kappa shape index (κ3) is 4.68. The van der Waals surface area contributed by atoms with E-state index >= 15 is 0 Å². The molecule has 0 unspecified atom stereocenters. The van der Waals surface area contributed by atoms with Gasteiger partial charge < -0.3 is 30.0 Å². The van der Waals surface area contributed by atoms with Crippen molar-refractivity contribution in [3.8, 4) is 22.3 Å². The largest absolute Gasteiger partial charge is 0.481 e. The van der Waals surface area contributed by atoms with Gasteiger partial charge in [-0.15, -0.1) is 0 Å². The van der Waals surface area contributed by atoms with E-state index in [1.165, 1.54) is 22.0 Å². The summed E-state index contributed by atoms with van der Waals surface area (Å²) in [5.74, 6) is 0. The molecule has 0 aliphatic heterocycles.